The number of nitrogens with zero attached hydrogens (tertiary/aromatic N) is 2. The maximum atomic E-state index is 5.93. The highest BCUT2D eigenvalue weighted by Gasteiger charge is 2.25. The molecule has 1 aliphatic heterocycles. The van der Waals surface area contributed by atoms with Gasteiger partial charge in [0, 0.05) is 22.6 Å². The van der Waals surface area contributed by atoms with Crippen LogP contribution >= 0.6 is 11.8 Å². The Morgan fingerprint density at radius 2 is 1.73 bits per heavy atom. The zero-order valence-corrected chi connectivity index (χ0v) is 17.7. The quantitative estimate of drug-likeness (QED) is 0.405. The molecule has 1 aromatic heterocycles. The zero-order valence-electron chi connectivity index (χ0n) is 16.8. The summed E-state index contributed by atoms with van der Waals surface area (Å²) in [6, 6.07) is 26.9. The van der Waals surface area contributed by atoms with E-state index in [0.717, 1.165) is 41.5 Å². The average molecular weight is 414 g/mol. The van der Waals surface area contributed by atoms with Gasteiger partial charge >= 0.3 is 0 Å². The minimum absolute atomic E-state index is 0.564. The molecule has 150 valence electrons. The predicted molar refractivity (Wildman–Crippen MR) is 124 cm³/mol. The number of ether oxygens (including phenoxy) is 1. The highest BCUT2D eigenvalue weighted by atomic mass is 32.2. The molecule has 0 saturated heterocycles. The number of rotatable bonds is 6. The van der Waals surface area contributed by atoms with Crippen molar-refractivity contribution in [2.24, 2.45) is 0 Å². The van der Waals surface area contributed by atoms with Crippen molar-refractivity contribution in [2.75, 3.05) is 18.1 Å². The van der Waals surface area contributed by atoms with E-state index < -0.39 is 0 Å². The Kier molecular flexibility index (Phi) is 5.20. The topological polar surface area (TPSA) is 39.1 Å². The molecule has 5 heteroatoms. The first-order valence-corrected chi connectivity index (χ1v) is 11.3. The molecule has 1 aliphatic rings. The maximum absolute atomic E-state index is 5.93. The van der Waals surface area contributed by atoms with Crippen LogP contribution in [0.5, 0.6) is 5.75 Å². The van der Waals surface area contributed by atoms with Crippen LogP contribution in [0.3, 0.4) is 0 Å². The summed E-state index contributed by atoms with van der Waals surface area (Å²) in [5, 5.41) is 8.52. The molecule has 5 rings (SSSR count). The molecule has 0 spiro atoms. The summed E-state index contributed by atoms with van der Waals surface area (Å²) in [4.78, 5) is 1.25. The molecule has 0 aliphatic carbocycles. The SMILES string of the molecule is CSc1ccccc1-c1nn(-c2ccc(OCc3ccccc3)cc2)c2c1CCN2. The van der Waals surface area contributed by atoms with Gasteiger partial charge in [-0.3, -0.25) is 0 Å². The van der Waals surface area contributed by atoms with E-state index in [4.69, 9.17) is 9.84 Å². The fourth-order valence-corrected chi connectivity index (χ4v) is 4.44. The van der Waals surface area contributed by atoms with Gasteiger partial charge < -0.3 is 10.1 Å². The van der Waals surface area contributed by atoms with Gasteiger partial charge in [-0.2, -0.15) is 5.10 Å². The summed E-state index contributed by atoms with van der Waals surface area (Å²) in [5.74, 6) is 1.95. The number of nitrogens with one attached hydrogen (secondary N) is 1. The molecular formula is C25H23N3OS. The van der Waals surface area contributed by atoms with Crippen molar-refractivity contribution in [3.8, 4) is 22.7 Å². The Morgan fingerprint density at radius 1 is 0.967 bits per heavy atom. The fourth-order valence-electron chi connectivity index (χ4n) is 3.84. The van der Waals surface area contributed by atoms with Gasteiger partial charge in [0.1, 0.15) is 18.2 Å². The average Bonchev–Trinajstić information content (AvgIpc) is 3.42. The van der Waals surface area contributed by atoms with Gasteiger partial charge in [0.2, 0.25) is 0 Å². The number of anilines is 1. The van der Waals surface area contributed by atoms with Crippen LogP contribution in [0.25, 0.3) is 16.9 Å². The van der Waals surface area contributed by atoms with Crippen molar-refractivity contribution in [3.63, 3.8) is 0 Å². The molecule has 4 aromatic rings. The number of thioether (sulfide) groups is 1. The molecule has 0 amide bonds. The summed E-state index contributed by atoms with van der Waals surface area (Å²) < 4.78 is 7.96. The van der Waals surface area contributed by atoms with Crippen molar-refractivity contribution in [1.82, 2.24) is 9.78 Å². The van der Waals surface area contributed by atoms with Gasteiger partial charge in [-0.25, -0.2) is 4.68 Å². The van der Waals surface area contributed by atoms with Gasteiger partial charge in [-0.15, -0.1) is 11.8 Å². The molecule has 0 fully saturated rings. The fraction of sp³-hybridized carbons (Fsp3) is 0.160. The summed E-state index contributed by atoms with van der Waals surface area (Å²) in [7, 11) is 0. The largest absolute Gasteiger partial charge is 0.489 e. The minimum Gasteiger partial charge on any atom is -0.489 e. The Hall–Kier alpha value is -3.18. The number of aromatic nitrogens is 2. The molecule has 30 heavy (non-hydrogen) atoms. The van der Waals surface area contributed by atoms with Gasteiger partial charge in [-0.1, -0.05) is 48.5 Å². The Bertz CT molecular complexity index is 1150. The van der Waals surface area contributed by atoms with Crippen LogP contribution in [-0.2, 0) is 13.0 Å². The normalized spacial score (nSPS) is 12.4. The van der Waals surface area contributed by atoms with Crippen LogP contribution < -0.4 is 10.1 Å². The molecule has 1 N–H and O–H groups in total. The van der Waals surface area contributed by atoms with Crippen molar-refractivity contribution < 1.29 is 4.74 Å². The van der Waals surface area contributed by atoms with Crippen molar-refractivity contribution >= 4 is 17.6 Å². The molecule has 0 radical (unpaired) electrons. The number of benzene rings is 3. The first-order valence-electron chi connectivity index (χ1n) is 10.1. The van der Waals surface area contributed by atoms with E-state index >= 15 is 0 Å². The lowest BCUT2D eigenvalue weighted by atomic mass is 10.1. The van der Waals surface area contributed by atoms with Crippen molar-refractivity contribution in [1.29, 1.82) is 0 Å². The predicted octanol–water partition coefficient (Wildman–Crippen LogP) is 5.81. The monoisotopic (exact) mass is 413 g/mol. The van der Waals surface area contributed by atoms with Gasteiger partial charge in [-0.05, 0) is 48.6 Å². The molecule has 0 atom stereocenters. The number of hydrogen-bond donors (Lipinski definition) is 1. The second-order valence-corrected chi connectivity index (χ2v) is 8.08. The second-order valence-electron chi connectivity index (χ2n) is 7.23. The van der Waals surface area contributed by atoms with Crippen LogP contribution in [0.2, 0.25) is 0 Å². The molecule has 2 heterocycles. The molecule has 0 unspecified atom stereocenters. The van der Waals surface area contributed by atoms with Gasteiger partial charge in [0.15, 0.2) is 0 Å². The van der Waals surface area contributed by atoms with E-state index in [-0.39, 0.29) is 0 Å². The molecule has 3 aromatic carbocycles. The summed E-state index contributed by atoms with van der Waals surface area (Å²) >= 11 is 1.76. The summed E-state index contributed by atoms with van der Waals surface area (Å²) in [5.41, 5.74) is 5.75. The van der Waals surface area contributed by atoms with Crippen LogP contribution in [0, 0.1) is 0 Å². The van der Waals surface area contributed by atoms with Gasteiger partial charge in [0.05, 0.1) is 11.4 Å². The first kappa shape index (κ1) is 18.8. The minimum atomic E-state index is 0.564. The summed E-state index contributed by atoms with van der Waals surface area (Å²) in [6.07, 6.45) is 3.11. The van der Waals surface area contributed by atoms with E-state index in [0.29, 0.717) is 6.61 Å². The smallest absolute Gasteiger partial charge is 0.133 e. The third-order valence-corrected chi connectivity index (χ3v) is 6.14. The number of hydrogen-bond acceptors (Lipinski definition) is 4. The van der Waals surface area contributed by atoms with E-state index in [1.807, 2.05) is 35.0 Å². The zero-order chi connectivity index (χ0) is 20.3. The highest BCUT2D eigenvalue weighted by Crippen LogP contribution is 2.38. The second kappa shape index (κ2) is 8.28. The Balaban J connectivity index is 1.43. The maximum Gasteiger partial charge on any atom is 0.133 e. The molecule has 0 bridgehead atoms. The van der Waals surface area contributed by atoms with Crippen LogP contribution in [-0.4, -0.2) is 22.6 Å². The highest BCUT2D eigenvalue weighted by molar-refractivity contribution is 7.98. The number of fused-ring (bicyclic) bond motifs is 1. The Labute approximate surface area is 180 Å². The standard InChI is InChI=1S/C25H23N3OS/c1-30-23-10-6-5-9-21(23)24-22-15-16-26-25(22)28(27-24)19-11-13-20(14-12-19)29-17-18-7-3-2-4-8-18/h2-14,26H,15-17H2,1H3. The molecular weight excluding hydrogens is 390 g/mol. The van der Waals surface area contributed by atoms with Gasteiger partial charge in [0.25, 0.3) is 0 Å². The molecule has 4 nitrogen and oxygen atoms in total. The lowest BCUT2D eigenvalue weighted by molar-refractivity contribution is 0.306. The van der Waals surface area contributed by atoms with Crippen molar-refractivity contribution in [2.45, 2.75) is 17.9 Å². The lowest BCUT2D eigenvalue weighted by Gasteiger charge is -2.09. The Morgan fingerprint density at radius 3 is 2.53 bits per heavy atom. The lowest BCUT2D eigenvalue weighted by Crippen LogP contribution is -2.04. The van der Waals surface area contributed by atoms with Crippen LogP contribution in [0.4, 0.5) is 5.82 Å². The third kappa shape index (κ3) is 3.57. The molecule has 0 saturated carbocycles. The first-order chi connectivity index (χ1) is 14.8. The summed E-state index contributed by atoms with van der Waals surface area (Å²) in [6.45, 7) is 1.51. The van der Waals surface area contributed by atoms with E-state index in [1.165, 1.54) is 16.0 Å². The third-order valence-electron chi connectivity index (χ3n) is 5.34. The van der Waals surface area contributed by atoms with E-state index in [2.05, 4.69) is 60.1 Å². The van der Waals surface area contributed by atoms with Crippen LogP contribution in [0.15, 0.2) is 83.8 Å². The van der Waals surface area contributed by atoms with Crippen molar-refractivity contribution in [3.05, 3.63) is 90.0 Å². The van der Waals surface area contributed by atoms with E-state index in [9.17, 15) is 0 Å². The van der Waals surface area contributed by atoms with Crippen LogP contribution in [0.1, 0.15) is 11.1 Å². The van der Waals surface area contributed by atoms with E-state index in [1.54, 1.807) is 11.8 Å².